The lowest BCUT2D eigenvalue weighted by Gasteiger charge is -2.26. The molecule has 38 heavy (non-hydrogen) atoms. The molecule has 7 heteroatoms. The predicted molar refractivity (Wildman–Crippen MR) is 153 cm³/mol. The molecule has 1 N–H and O–H groups in total. The Morgan fingerprint density at radius 3 is 2.61 bits per heavy atom. The molecule has 0 saturated carbocycles. The van der Waals surface area contributed by atoms with E-state index in [1.807, 2.05) is 36.6 Å². The number of fused-ring (bicyclic) bond motifs is 2. The smallest absolute Gasteiger partial charge is 0.326 e. The molecule has 5 rings (SSSR count). The van der Waals surface area contributed by atoms with E-state index in [1.165, 1.54) is 12.1 Å². The van der Waals surface area contributed by atoms with Gasteiger partial charge in [0.25, 0.3) is 0 Å². The SMILES string of the molecule is C=CC.C=CC1=C(C)/C(=C\c2ccc3c(c2)[nH]c(=O)n3CCCN2CCOCC2)c2ccc(F)cc2OC1. The van der Waals surface area contributed by atoms with Crippen LogP contribution in [-0.2, 0) is 11.3 Å². The maximum atomic E-state index is 13.9. The van der Waals surface area contributed by atoms with Gasteiger partial charge in [0.05, 0.1) is 24.2 Å². The number of imidazole rings is 1. The van der Waals surface area contributed by atoms with Gasteiger partial charge in [-0.1, -0.05) is 24.8 Å². The number of aromatic amines is 1. The number of benzene rings is 2. The third-order valence-corrected chi connectivity index (χ3v) is 6.82. The van der Waals surface area contributed by atoms with Crippen molar-refractivity contribution in [1.29, 1.82) is 0 Å². The van der Waals surface area contributed by atoms with Crippen LogP contribution in [0.1, 0.15) is 31.4 Å². The maximum absolute atomic E-state index is 13.9. The van der Waals surface area contributed by atoms with E-state index in [2.05, 4.69) is 29.1 Å². The van der Waals surface area contributed by atoms with Crippen LogP contribution in [0.3, 0.4) is 0 Å². The number of ether oxygens (including phenoxy) is 2. The van der Waals surface area contributed by atoms with Crippen LogP contribution < -0.4 is 10.4 Å². The summed E-state index contributed by atoms with van der Waals surface area (Å²) in [5, 5.41) is 0. The van der Waals surface area contributed by atoms with Gasteiger partial charge in [-0.2, -0.15) is 0 Å². The van der Waals surface area contributed by atoms with Crippen molar-refractivity contribution in [2.75, 3.05) is 39.5 Å². The molecule has 200 valence electrons. The minimum absolute atomic E-state index is 0.0968. The fraction of sp³-hybridized carbons (Fsp3) is 0.323. The van der Waals surface area contributed by atoms with E-state index in [0.717, 1.165) is 78.1 Å². The second-order valence-corrected chi connectivity index (χ2v) is 9.42. The van der Waals surface area contributed by atoms with Gasteiger partial charge in [-0.3, -0.25) is 9.47 Å². The summed E-state index contributed by atoms with van der Waals surface area (Å²) in [5.74, 6) is 0.171. The van der Waals surface area contributed by atoms with Gasteiger partial charge in [-0.05, 0) is 72.9 Å². The molecule has 0 atom stereocenters. The molecule has 1 fully saturated rings. The Bertz CT molecular complexity index is 1420. The first-order valence-electron chi connectivity index (χ1n) is 13.0. The highest BCUT2D eigenvalue weighted by Crippen LogP contribution is 2.37. The van der Waals surface area contributed by atoms with Crippen LogP contribution in [0.5, 0.6) is 5.75 Å². The van der Waals surface area contributed by atoms with Gasteiger partial charge in [-0.25, -0.2) is 9.18 Å². The predicted octanol–water partition coefficient (Wildman–Crippen LogP) is 5.82. The average Bonchev–Trinajstić information content (AvgIpc) is 3.16. The molecule has 0 unspecified atom stereocenters. The van der Waals surface area contributed by atoms with Crippen LogP contribution in [0.15, 0.2) is 77.6 Å². The highest BCUT2D eigenvalue weighted by atomic mass is 19.1. The van der Waals surface area contributed by atoms with E-state index in [4.69, 9.17) is 9.47 Å². The third-order valence-electron chi connectivity index (χ3n) is 6.82. The monoisotopic (exact) mass is 517 g/mol. The topological polar surface area (TPSA) is 59.5 Å². The van der Waals surface area contributed by atoms with Crippen LogP contribution in [-0.4, -0.2) is 53.9 Å². The van der Waals surface area contributed by atoms with Gasteiger partial charge in [0, 0.05) is 37.8 Å². The Morgan fingerprint density at radius 2 is 1.87 bits per heavy atom. The second-order valence-electron chi connectivity index (χ2n) is 9.42. The van der Waals surface area contributed by atoms with Crippen molar-refractivity contribution < 1.29 is 13.9 Å². The van der Waals surface area contributed by atoms with Crippen LogP contribution >= 0.6 is 0 Å². The molecule has 2 aromatic carbocycles. The summed E-state index contributed by atoms with van der Waals surface area (Å²) in [6.07, 6.45) is 6.49. The molecule has 2 aliphatic heterocycles. The Balaban J connectivity index is 0.00000107. The minimum Gasteiger partial charge on any atom is -0.488 e. The zero-order valence-electron chi connectivity index (χ0n) is 22.3. The summed E-state index contributed by atoms with van der Waals surface area (Å²) in [5.41, 5.74) is 6.28. The Kier molecular flexibility index (Phi) is 9.15. The number of allylic oxidation sites excluding steroid dienone is 3. The number of halogens is 1. The van der Waals surface area contributed by atoms with Gasteiger partial charge in [0.1, 0.15) is 18.2 Å². The first-order valence-corrected chi connectivity index (χ1v) is 13.0. The van der Waals surface area contributed by atoms with Crippen LogP contribution in [0.4, 0.5) is 4.39 Å². The van der Waals surface area contributed by atoms with Crippen LogP contribution in [0.25, 0.3) is 22.7 Å². The van der Waals surface area contributed by atoms with Gasteiger partial charge < -0.3 is 14.5 Å². The zero-order valence-corrected chi connectivity index (χ0v) is 22.3. The van der Waals surface area contributed by atoms with Crippen molar-refractivity contribution in [3.05, 3.63) is 100 Å². The number of hydrogen-bond donors (Lipinski definition) is 1. The first kappa shape index (κ1) is 27.4. The van der Waals surface area contributed by atoms with Crippen molar-refractivity contribution in [3.63, 3.8) is 0 Å². The van der Waals surface area contributed by atoms with E-state index in [-0.39, 0.29) is 11.5 Å². The summed E-state index contributed by atoms with van der Waals surface area (Å²) in [4.78, 5) is 18.1. The molecule has 0 radical (unpaired) electrons. The Morgan fingerprint density at radius 1 is 1.11 bits per heavy atom. The van der Waals surface area contributed by atoms with Crippen molar-refractivity contribution >= 4 is 22.7 Å². The van der Waals surface area contributed by atoms with Crippen molar-refractivity contribution in [3.8, 4) is 5.75 Å². The van der Waals surface area contributed by atoms with E-state index in [1.54, 1.807) is 18.2 Å². The van der Waals surface area contributed by atoms with Gasteiger partial charge in [0.15, 0.2) is 0 Å². The molecule has 0 amide bonds. The number of nitrogens with one attached hydrogen (secondary N) is 1. The van der Waals surface area contributed by atoms with Gasteiger partial charge in [0.2, 0.25) is 0 Å². The van der Waals surface area contributed by atoms with E-state index >= 15 is 0 Å². The maximum Gasteiger partial charge on any atom is 0.326 e. The Hall–Kier alpha value is -3.68. The Labute approximate surface area is 223 Å². The molecule has 0 spiro atoms. The molecule has 6 nitrogen and oxygen atoms in total. The zero-order chi connectivity index (χ0) is 27.1. The summed E-state index contributed by atoms with van der Waals surface area (Å²) in [6, 6.07) is 10.6. The molecule has 0 aliphatic carbocycles. The van der Waals surface area contributed by atoms with E-state index in [0.29, 0.717) is 18.9 Å². The molecular formula is C31H36FN3O3. The number of morpholine rings is 1. The summed E-state index contributed by atoms with van der Waals surface area (Å²) < 4.78 is 27.0. The summed E-state index contributed by atoms with van der Waals surface area (Å²) in [6.45, 7) is 16.6. The summed E-state index contributed by atoms with van der Waals surface area (Å²) >= 11 is 0. The highest BCUT2D eigenvalue weighted by Gasteiger charge is 2.19. The standard InChI is InChI=1S/C28H30FN3O3.C3H6/c1-3-21-18-35-27-17-22(29)6-7-23(27)24(19(21)2)15-20-5-8-26-25(16-20)30-28(33)32(26)10-4-9-31-11-13-34-14-12-31;1-3-2/h3,5-8,15-17H,1,4,9-14,18H2,2H3,(H,30,33);3H,1H2,2H3/b24-15+;. The first-order chi connectivity index (χ1) is 18.4. The molecule has 0 bridgehead atoms. The highest BCUT2D eigenvalue weighted by molar-refractivity contribution is 5.95. The average molecular weight is 518 g/mol. The molecular weight excluding hydrogens is 481 g/mol. The quantitative estimate of drug-likeness (QED) is 0.419. The molecule has 1 aromatic heterocycles. The van der Waals surface area contributed by atoms with Crippen LogP contribution in [0, 0.1) is 5.82 Å². The number of H-pyrrole nitrogens is 1. The normalized spacial score (nSPS) is 16.9. The lowest BCUT2D eigenvalue weighted by atomic mass is 9.93. The number of rotatable bonds is 6. The fourth-order valence-electron chi connectivity index (χ4n) is 4.81. The summed E-state index contributed by atoms with van der Waals surface area (Å²) in [7, 11) is 0. The third kappa shape index (κ3) is 6.23. The fourth-order valence-corrected chi connectivity index (χ4v) is 4.81. The van der Waals surface area contributed by atoms with Crippen molar-refractivity contribution in [2.45, 2.75) is 26.8 Å². The molecule has 3 heterocycles. The molecule has 2 aliphatic rings. The van der Waals surface area contributed by atoms with E-state index in [9.17, 15) is 9.18 Å². The second kappa shape index (κ2) is 12.7. The van der Waals surface area contributed by atoms with Crippen molar-refractivity contribution in [1.82, 2.24) is 14.5 Å². The number of aryl methyl sites for hydroxylation is 1. The lowest BCUT2D eigenvalue weighted by Crippen LogP contribution is -2.37. The number of hydrogen-bond acceptors (Lipinski definition) is 4. The largest absolute Gasteiger partial charge is 0.488 e. The van der Waals surface area contributed by atoms with E-state index < -0.39 is 0 Å². The lowest BCUT2D eigenvalue weighted by molar-refractivity contribution is 0.0369. The molecule has 3 aromatic rings. The minimum atomic E-state index is -0.336. The number of aromatic nitrogens is 2. The van der Waals surface area contributed by atoms with Gasteiger partial charge in [-0.15, -0.1) is 6.58 Å². The van der Waals surface area contributed by atoms with Crippen LogP contribution in [0.2, 0.25) is 0 Å². The van der Waals surface area contributed by atoms with Gasteiger partial charge >= 0.3 is 5.69 Å². The number of nitrogens with zero attached hydrogens (tertiary/aromatic N) is 2. The van der Waals surface area contributed by atoms with Crippen molar-refractivity contribution in [2.24, 2.45) is 0 Å². The molecule has 1 saturated heterocycles.